The Morgan fingerprint density at radius 3 is 0.944 bits per heavy atom. The first-order valence-electron chi connectivity index (χ1n) is 7.62. The normalized spacial score (nSPS) is 24.0. The van der Waals surface area contributed by atoms with Crippen LogP contribution >= 0.6 is 33.2 Å². The van der Waals surface area contributed by atoms with Crippen molar-refractivity contribution in [1.82, 2.24) is 0 Å². The molecule has 0 N–H and O–H groups in total. The van der Waals surface area contributed by atoms with Gasteiger partial charge in [-0.25, -0.2) is 0 Å². The highest BCUT2D eigenvalue weighted by Gasteiger charge is 2.23. The highest BCUT2D eigenvalue weighted by molar-refractivity contribution is 7.54. The van der Waals surface area contributed by atoms with Gasteiger partial charge >= 0.3 is 6.73 Å². The lowest BCUT2D eigenvalue weighted by Crippen LogP contribution is -2.13. The fourth-order valence-electron chi connectivity index (χ4n) is 3.56. The summed E-state index contributed by atoms with van der Waals surface area (Å²) in [5, 5.41) is 0. The molecule has 2 saturated carbocycles. The first-order chi connectivity index (χ1) is 8.70. The van der Waals surface area contributed by atoms with Crippen molar-refractivity contribution in [3.63, 3.8) is 0 Å². The third-order valence-electron chi connectivity index (χ3n) is 4.47. The summed E-state index contributed by atoms with van der Waals surface area (Å²) in [6.07, 6.45) is 18.4. The summed E-state index contributed by atoms with van der Waals surface area (Å²) in [5.41, 5.74) is 0. The van der Waals surface area contributed by atoms with E-state index < -0.39 is 6.73 Å². The van der Waals surface area contributed by atoms with E-state index in [4.69, 9.17) is 33.2 Å². The van der Waals surface area contributed by atoms with Crippen molar-refractivity contribution in [2.45, 2.75) is 77.0 Å². The zero-order valence-electron chi connectivity index (χ0n) is 11.4. The van der Waals surface area contributed by atoms with Crippen molar-refractivity contribution >= 4 is 40.0 Å². The second kappa shape index (κ2) is 10.8. The molecule has 0 nitrogen and oxygen atoms in total. The van der Waals surface area contributed by atoms with Gasteiger partial charge in [-0.05, 0) is 11.8 Å². The van der Waals surface area contributed by atoms with Crippen molar-refractivity contribution in [3.8, 4) is 0 Å². The topological polar surface area (TPSA) is 0 Å². The lowest BCUT2D eigenvalue weighted by atomic mass is 9.81. The van der Waals surface area contributed by atoms with Gasteiger partial charge in [-0.2, -0.15) is 0 Å². The van der Waals surface area contributed by atoms with Crippen LogP contribution in [0.25, 0.3) is 0 Å². The molecule has 0 amide bonds. The molecule has 4 heteroatoms. The Kier molecular flexibility index (Phi) is 10.3. The summed E-state index contributed by atoms with van der Waals surface area (Å²) in [6.45, 7) is -1.72. The predicted molar refractivity (Wildman–Crippen MR) is 87.1 cm³/mol. The maximum atomic E-state index is 4.94. The minimum absolute atomic E-state index is 1.12. The Balaban J connectivity index is 0.000000357. The number of rotatable bonds is 1. The summed E-state index contributed by atoms with van der Waals surface area (Å²) >= 11 is 14.8. The smallest absolute Gasteiger partial charge is 0.130 e. The van der Waals surface area contributed by atoms with Crippen molar-refractivity contribution in [3.05, 3.63) is 0 Å². The van der Waals surface area contributed by atoms with E-state index >= 15 is 0 Å². The Labute approximate surface area is 128 Å². The van der Waals surface area contributed by atoms with E-state index in [0.29, 0.717) is 0 Å². The van der Waals surface area contributed by atoms with Crippen LogP contribution in [0.15, 0.2) is 0 Å². The summed E-state index contributed by atoms with van der Waals surface area (Å²) in [4.78, 5) is 0. The van der Waals surface area contributed by atoms with Crippen molar-refractivity contribution < 1.29 is 0 Å². The van der Waals surface area contributed by atoms with Gasteiger partial charge in [0.05, 0.1) is 0 Å². The molecule has 2 aliphatic rings. The van der Waals surface area contributed by atoms with Gasteiger partial charge in [-0.15, -0.1) is 33.2 Å². The predicted octanol–water partition coefficient (Wildman–Crippen LogP) is 6.35. The van der Waals surface area contributed by atoms with Crippen LogP contribution in [-0.4, -0.2) is 6.73 Å². The van der Waals surface area contributed by atoms with Gasteiger partial charge in [0.1, 0.15) is 0 Å². The average Bonchev–Trinajstić information content (AvgIpc) is 2.73. The second-order valence-electron chi connectivity index (χ2n) is 5.75. The largest absolute Gasteiger partial charge is 0.326 e. The molecule has 0 unspecified atom stereocenters. The second-order valence-corrected chi connectivity index (χ2v) is 12.2. The lowest BCUT2D eigenvalue weighted by molar-refractivity contribution is 0.269. The van der Waals surface area contributed by atoms with Gasteiger partial charge in [0.25, 0.3) is 0 Å². The van der Waals surface area contributed by atoms with Gasteiger partial charge in [0.15, 0.2) is 0 Å². The Morgan fingerprint density at radius 2 is 0.722 bits per heavy atom. The van der Waals surface area contributed by atoms with Gasteiger partial charge in [-0.3, -0.25) is 0 Å². The highest BCUT2D eigenvalue weighted by atomic mass is 35.8. The fourth-order valence-corrected chi connectivity index (χ4v) is 3.56. The van der Waals surface area contributed by atoms with Gasteiger partial charge in [0, 0.05) is 0 Å². The minimum atomic E-state index is -1.72. The molecular formula is C14H27Cl3Si. The number of hydrogen-bond donors (Lipinski definition) is 0. The summed E-state index contributed by atoms with van der Waals surface area (Å²) < 4.78 is 0. The summed E-state index contributed by atoms with van der Waals surface area (Å²) in [6, 6.07) is 0. The molecule has 2 aliphatic carbocycles. The molecule has 0 aromatic rings. The summed E-state index contributed by atoms with van der Waals surface area (Å²) in [5.74, 6) is 2.24. The molecule has 0 aromatic carbocycles. The zero-order chi connectivity index (χ0) is 13.2. The SMILES string of the molecule is C1CCCC(C2CCCCCC2)CC1.Cl[SiH](Cl)Cl. The molecular weight excluding hydrogens is 303 g/mol. The monoisotopic (exact) mass is 328 g/mol. The molecule has 2 rings (SSSR count). The first kappa shape index (κ1) is 17.1. The molecule has 0 saturated heterocycles. The fraction of sp³-hybridized carbons (Fsp3) is 1.00. The number of hydrogen-bond acceptors (Lipinski definition) is 0. The average molecular weight is 330 g/mol. The molecule has 0 radical (unpaired) electrons. The minimum Gasteiger partial charge on any atom is -0.130 e. The molecule has 0 bridgehead atoms. The van der Waals surface area contributed by atoms with E-state index in [1.165, 1.54) is 51.4 Å². The van der Waals surface area contributed by atoms with Crippen molar-refractivity contribution in [2.24, 2.45) is 11.8 Å². The Hall–Kier alpha value is 1.09. The molecule has 18 heavy (non-hydrogen) atoms. The van der Waals surface area contributed by atoms with E-state index in [2.05, 4.69) is 0 Å². The van der Waals surface area contributed by atoms with E-state index in [-0.39, 0.29) is 0 Å². The quantitative estimate of drug-likeness (QED) is 0.299. The molecule has 0 atom stereocenters. The number of halogens is 3. The van der Waals surface area contributed by atoms with E-state index in [1.807, 2.05) is 0 Å². The van der Waals surface area contributed by atoms with Crippen LogP contribution in [0, 0.1) is 11.8 Å². The standard InChI is InChI=1S/C14H26.Cl3HSi/c1-2-6-10-13(9-5-1)14-11-7-3-4-8-12-14;1-4(2)3/h13-14H,1-12H2;4H. The van der Waals surface area contributed by atoms with Crippen LogP contribution < -0.4 is 0 Å². The molecule has 2 fully saturated rings. The molecule has 0 spiro atoms. The maximum absolute atomic E-state index is 4.94. The van der Waals surface area contributed by atoms with Crippen molar-refractivity contribution in [2.75, 3.05) is 0 Å². The van der Waals surface area contributed by atoms with Crippen LogP contribution in [0.2, 0.25) is 0 Å². The van der Waals surface area contributed by atoms with E-state index in [9.17, 15) is 0 Å². The van der Waals surface area contributed by atoms with E-state index in [0.717, 1.165) is 11.8 Å². The molecule has 0 aromatic heterocycles. The third-order valence-corrected chi connectivity index (χ3v) is 4.47. The molecule has 0 aliphatic heterocycles. The first-order valence-corrected chi connectivity index (χ1v) is 12.9. The van der Waals surface area contributed by atoms with E-state index in [1.54, 1.807) is 25.7 Å². The van der Waals surface area contributed by atoms with Crippen LogP contribution in [-0.2, 0) is 0 Å². The van der Waals surface area contributed by atoms with Crippen LogP contribution in [0.1, 0.15) is 77.0 Å². The molecule has 0 heterocycles. The third kappa shape index (κ3) is 8.30. The Morgan fingerprint density at radius 1 is 0.500 bits per heavy atom. The van der Waals surface area contributed by atoms with Gasteiger partial charge in [-0.1, -0.05) is 77.0 Å². The van der Waals surface area contributed by atoms with Crippen LogP contribution in [0.5, 0.6) is 0 Å². The Bertz CT molecular complexity index is 163. The van der Waals surface area contributed by atoms with Crippen LogP contribution in [0.3, 0.4) is 0 Å². The van der Waals surface area contributed by atoms with Crippen molar-refractivity contribution in [1.29, 1.82) is 0 Å². The molecule has 108 valence electrons. The summed E-state index contributed by atoms with van der Waals surface area (Å²) in [7, 11) is 0. The zero-order valence-corrected chi connectivity index (χ0v) is 14.8. The van der Waals surface area contributed by atoms with Gasteiger partial charge in [0.2, 0.25) is 0 Å². The van der Waals surface area contributed by atoms with Crippen LogP contribution in [0.4, 0.5) is 0 Å². The highest BCUT2D eigenvalue weighted by Crippen LogP contribution is 2.36. The van der Waals surface area contributed by atoms with Gasteiger partial charge < -0.3 is 0 Å². The maximum Gasteiger partial charge on any atom is 0.326 e. The lowest BCUT2D eigenvalue weighted by Gasteiger charge is -2.24.